The number of anilines is 1. The molecule has 1 fully saturated rings. The van der Waals surface area contributed by atoms with E-state index in [9.17, 15) is 14.0 Å². The summed E-state index contributed by atoms with van der Waals surface area (Å²) in [5, 5.41) is 2.79. The molecule has 114 valence electrons. The van der Waals surface area contributed by atoms with Gasteiger partial charge in [-0.25, -0.2) is 4.39 Å². The number of quaternary nitrogens is 1. The Balaban J connectivity index is 1.91. The van der Waals surface area contributed by atoms with Gasteiger partial charge in [0.05, 0.1) is 24.7 Å². The molecule has 0 bridgehead atoms. The van der Waals surface area contributed by atoms with Crippen LogP contribution in [-0.4, -0.2) is 31.4 Å². The number of carbonyl (C=O) groups excluding carboxylic acids is 2. The summed E-state index contributed by atoms with van der Waals surface area (Å²) in [5.74, 6) is -1.37. The Kier molecular flexibility index (Phi) is 5.14. The van der Waals surface area contributed by atoms with Gasteiger partial charge in [0.2, 0.25) is 5.91 Å². The average molecular weight is 315 g/mol. The summed E-state index contributed by atoms with van der Waals surface area (Å²) in [6.07, 6.45) is 1.62. The van der Waals surface area contributed by atoms with Crippen molar-refractivity contribution >= 4 is 29.1 Å². The third kappa shape index (κ3) is 4.41. The summed E-state index contributed by atoms with van der Waals surface area (Å²) in [5.41, 5.74) is 5.41. The number of halogens is 2. The molecule has 1 aromatic rings. The SMILES string of the molecule is NC(=O)[C@@H]1CCC[NH+](CC(=O)Nc2ccc(Cl)cc2F)C1. The van der Waals surface area contributed by atoms with Crippen LogP contribution >= 0.6 is 11.6 Å². The molecule has 0 spiro atoms. The average Bonchev–Trinajstić information content (AvgIpc) is 2.42. The highest BCUT2D eigenvalue weighted by atomic mass is 35.5. The predicted octanol–water partition coefficient (Wildman–Crippen LogP) is 0.198. The Labute approximate surface area is 127 Å². The third-order valence-corrected chi connectivity index (χ3v) is 3.87. The Bertz CT molecular complexity index is 553. The molecule has 0 saturated carbocycles. The van der Waals surface area contributed by atoms with Gasteiger partial charge in [0.25, 0.3) is 5.91 Å². The smallest absolute Gasteiger partial charge is 0.279 e. The van der Waals surface area contributed by atoms with Crippen LogP contribution < -0.4 is 16.0 Å². The van der Waals surface area contributed by atoms with E-state index in [1.807, 2.05) is 0 Å². The van der Waals surface area contributed by atoms with Gasteiger partial charge in [0.15, 0.2) is 6.54 Å². The van der Waals surface area contributed by atoms with Crippen LogP contribution in [0, 0.1) is 11.7 Å². The van der Waals surface area contributed by atoms with Gasteiger partial charge in [-0.05, 0) is 31.0 Å². The minimum atomic E-state index is -0.570. The van der Waals surface area contributed by atoms with Crippen LogP contribution in [0.25, 0.3) is 0 Å². The van der Waals surface area contributed by atoms with Crippen LogP contribution in [0.5, 0.6) is 0 Å². The summed E-state index contributed by atoms with van der Waals surface area (Å²) >= 11 is 5.65. The highest BCUT2D eigenvalue weighted by molar-refractivity contribution is 6.30. The van der Waals surface area contributed by atoms with Gasteiger partial charge in [0, 0.05) is 5.02 Å². The van der Waals surface area contributed by atoms with Crippen LogP contribution in [-0.2, 0) is 9.59 Å². The molecule has 1 unspecified atom stereocenters. The Morgan fingerprint density at radius 2 is 2.24 bits per heavy atom. The summed E-state index contributed by atoms with van der Waals surface area (Å²) in [6, 6.07) is 4.08. The van der Waals surface area contributed by atoms with Crippen molar-refractivity contribution in [2.75, 3.05) is 25.0 Å². The molecule has 1 aliphatic heterocycles. The number of hydrogen-bond donors (Lipinski definition) is 3. The minimum Gasteiger partial charge on any atom is -0.369 e. The van der Waals surface area contributed by atoms with Crippen molar-refractivity contribution in [3.63, 3.8) is 0 Å². The molecule has 1 saturated heterocycles. The molecule has 21 heavy (non-hydrogen) atoms. The molecule has 1 aromatic carbocycles. The molecule has 0 radical (unpaired) electrons. The normalized spacial score (nSPS) is 21.8. The molecular weight excluding hydrogens is 297 g/mol. The van der Waals surface area contributed by atoms with Crippen LogP contribution in [0.15, 0.2) is 18.2 Å². The number of rotatable bonds is 4. The van der Waals surface area contributed by atoms with E-state index in [-0.39, 0.29) is 35.0 Å². The topological polar surface area (TPSA) is 76.6 Å². The van der Waals surface area contributed by atoms with E-state index in [2.05, 4.69) is 5.32 Å². The zero-order valence-electron chi connectivity index (χ0n) is 11.5. The van der Waals surface area contributed by atoms with Crippen molar-refractivity contribution in [1.82, 2.24) is 0 Å². The maximum Gasteiger partial charge on any atom is 0.279 e. The van der Waals surface area contributed by atoms with E-state index in [1.54, 1.807) is 0 Å². The first-order valence-electron chi connectivity index (χ1n) is 6.83. The second kappa shape index (κ2) is 6.87. The second-order valence-corrected chi connectivity index (χ2v) is 5.73. The summed E-state index contributed by atoms with van der Waals surface area (Å²) in [7, 11) is 0. The van der Waals surface area contributed by atoms with Gasteiger partial charge in [-0.2, -0.15) is 0 Å². The molecule has 2 atom stereocenters. The zero-order valence-corrected chi connectivity index (χ0v) is 12.3. The summed E-state index contributed by atoms with van der Waals surface area (Å²) < 4.78 is 13.6. The molecule has 1 heterocycles. The van der Waals surface area contributed by atoms with E-state index in [4.69, 9.17) is 17.3 Å². The Hall–Kier alpha value is -1.66. The van der Waals surface area contributed by atoms with Gasteiger partial charge in [-0.3, -0.25) is 9.59 Å². The number of nitrogens with two attached hydrogens (primary N) is 1. The van der Waals surface area contributed by atoms with Crippen molar-refractivity contribution in [2.24, 2.45) is 11.7 Å². The number of piperidine rings is 1. The standard InChI is InChI=1S/C14H17ClFN3O2/c15-10-3-4-12(11(16)6-10)18-13(20)8-19-5-1-2-9(7-19)14(17)21/h3-4,6,9H,1-2,5,7-8H2,(H2,17,21)(H,18,20)/p+1/t9-/m1/s1. The zero-order chi connectivity index (χ0) is 15.4. The fraction of sp³-hybridized carbons (Fsp3) is 0.429. The maximum absolute atomic E-state index is 13.6. The minimum absolute atomic E-state index is 0.104. The molecule has 4 N–H and O–H groups in total. The number of hydrogen-bond acceptors (Lipinski definition) is 2. The monoisotopic (exact) mass is 314 g/mol. The van der Waals surface area contributed by atoms with Gasteiger partial charge in [-0.1, -0.05) is 11.6 Å². The quantitative estimate of drug-likeness (QED) is 0.742. The molecule has 2 rings (SSSR count). The molecular formula is C14H18ClFN3O2+. The van der Waals surface area contributed by atoms with Crippen molar-refractivity contribution in [2.45, 2.75) is 12.8 Å². The van der Waals surface area contributed by atoms with Gasteiger partial charge in [-0.15, -0.1) is 0 Å². The highest BCUT2D eigenvalue weighted by Crippen LogP contribution is 2.18. The van der Waals surface area contributed by atoms with Gasteiger partial charge < -0.3 is 16.0 Å². The lowest BCUT2D eigenvalue weighted by Crippen LogP contribution is -3.14. The van der Waals surface area contributed by atoms with Crippen LogP contribution in [0.1, 0.15) is 12.8 Å². The first-order valence-corrected chi connectivity index (χ1v) is 7.21. The van der Waals surface area contributed by atoms with Crippen LogP contribution in [0.3, 0.4) is 0 Å². The van der Waals surface area contributed by atoms with Crippen molar-refractivity contribution < 1.29 is 18.9 Å². The molecule has 7 heteroatoms. The fourth-order valence-corrected chi connectivity index (χ4v) is 2.73. The second-order valence-electron chi connectivity index (χ2n) is 5.29. The first-order chi connectivity index (χ1) is 9.95. The number of benzene rings is 1. The molecule has 5 nitrogen and oxygen atoms in total. The van der Waals surface area contributed by atoms with Crippen LogP contribution in [0.2, 0.25) is 5.02 Å². The lowest BCUT2D eigenvalue weighted by atomic mass is 9.97. The summed E-state index contributed by atoms with van der Waals surface area (Å²) in [4.78, 5) is 24.1. The Morgan fingerprint density at radius 1 is 1.48 bits per heavy atom. The van der Waals surface area contributed by atoms with E-state index in [1.165, 1.54) is 12.1 Å². The molecule has 2 amide bonds. The predicted molar refractivity (Wildman–Crippen MR) is 77.5 cm³/mol. The largest absolute Gasteiger partial charge is 0.369 e. The number of carbonyl (C=O) groups is 2. The van der Waals surface area contributed by atoms with Crippen molar-refractivity contribution in [1.29, 1.82) is 0 Å². The van der Waals surface area contributed by atoms with Gasteiger partial charge >= 0.3 is 0 Å². The number of amides is 2. The Morgan fingerprint density at radius 3 is 2.90 bits per heavy atom. The van der Waals surface area contributed by atoms with Crippen molar-refractivity contribution in [3.05, 3.63) is 29.0 Å². The molecule has 0 aliphatic carbocycles. The van der Waals surface area contributed by atoms with Crippen molar-refractivity contribution in [3.8, 4) is 0 Å². The first kappa shape index (κ1) is 15.7. The highest BCUT2D eigenvalue weighted by Gasteiger charge is 2.28. The van der Waals surface area contributed by atoms with Crippen LogP contribution in [0.4, 0.5) is 10.1 Å². The fourth-order valence-electron chi connectivity index (χ4n) is 2.57. The van der Waals surface area contributed by atoms with E-state index in [0.717, 1.165) is 30.4 Å². The lowest BCUT2D eigenvalue weighted by Gasteiger charge is -2.27. The lowest BCUT2D eigenvalue weighted by molar-refractivity contribution is -0.899. The number of nitrogens with one attached hydrogen (secondary N) is 2. The maximum atomic E-state index is 13.6. The van der Waals surface area contributed by atoms with Gasteiger partial charge in [0.1, 0.15) is 5.82 Å². The number of primary amides is 1. The third-order valence-electron chi connectivity index (χ3n) is 3.64. The summed E-state index contributed by atoms with van der Waals surface area (Å²) in [6.45, 7) is 1.54. The van der Waals surface area contributed by atoms with E-state index < -0.39 is 5.82 Å². The number of likely N-dealkylation sites (tertiary alicyclic amines) is 1. The molecule has 0 aromatic heterocycles. The van der Waals surface area contributed by atoms with E-state index in [0.29, 0.717) is 6.54 Å². The van der Waals surface area contributed by atoms with E-state index >= 15 is 0 Å². The molecule has 1 aliphatic rings.